The number of carbonyl (C=O) groups is 1. The van der Waals surface area contributed by atoms with E-state index >= 15 is 0 Å². The molecule has 0 radical (unpaired) electrons. The monoisotopic (exact) mass is 554 g/mol. The quantitative estimate of drug-likeness (QED) is 0.296. The van der Waals surface area contributed by atoms with Crippen LogP contribution < -0.4 is 10.6 Å². The summed E-state index contributed by atoms with van der Waals surface area (Å²) < 4.78 is 0.879. The normalized spacial score (nSPS) is 19.5. The van der Waals surface area contributed by atoms with Gasteiger partial charge in [-0.3, -0.25) is 19.8 Å². The number of Topliss-reactive ketones (excluding diaryl/α,β-unsaturated/α-hetero) is 1. The van der Waals surface area contributed by atoms with Gasteiger partial charge in [0, 0.05) is 34.3 Å². The molecule has 0 spiro atoms. The number of rotatable bonds is 4. The van der Waals surface area contributed by atoms with Crippen LogP contribution in [0.2, 0.25) is 0 Å². The minimum Gasteiger partial charge on any atom is -0.384 e. The average molecular weight is 555 g/mol. The van der Waals surface area contributed by atoms with Crippen LogP contribution in [-0.4, -0.2) is 10.7 Å². The number of nitrogens with zero attached hydrogens (tertiary/aromatic N) is 3. The lowest BCUT2D eigenvalue weighted by molar-refractivity contribution is -0.384. The SMILES string of the molecule is Cc1ccc([N+](=O)[O-])cc1N1C(N)=C(C#N)[C@@H](c2ccc(Br)cc2)C2=C1C[C@H](c1ccccc1)CC2=O. The molecule has 184 valence electrons. The van der Waals surface area contributed by atoms with Crippen molar-refractivity contribution >= 4 is 33.1 Å². The number of aryl methyl sites for hydroxylation is 1. The van der Waals surface area contributed by atoms with E-state index in [4.69, 9.17) is 5.73 Å². The highest BCUT2D eigenvalue weighted by Crippen LogP contribution is 2.50. The van der Waals surface area contributed by atoms with Gasteiger partial charge in [0.15, 0.2) is 5.78 Å². The van der Waals surface area contributed by atoms with E-state index in [9.17, 15) is 20.2 Å². The molecule has 0 amide bonds. The van der Waals surface area contributed by atoms with Gasteiger partial charge in [-0.2, -0.15) is 5.26 Å². The molecule has 2 atom stereocenters. The molecular formula is C29H23BrN4O3. The third kappa shape index (κ3) is 4.32. The first kappa shape index (κ1) is 24.5. The van der Waals surface area contributed by atoms with Crippen molar-refractivity contribution in [2.45, 2.75) is 31.6 Å². The minimum atomic E-state index is -0.618. The van der Waals surface area contributed by atoms with Crippen LogP contribution in [0, 0.1) is 28.4 Å². The second-order valence-corrected chi connectivity index (χ2v) is 10.2. The van der Waals surface area contributed by atoms with Gasteiger partial charge in [-0.1, -0.05) is 64.5 Å². The fraction of sp³-hybridized carbons (Fsp3) is 0.172. The largest absolute Gasteiger partial charge is 0.384 e. The molecule has 3 aromatic carbocycles. The zero-order chi connectivity index (χ0) is 26.3. The third-order valence-corrected chi connectivity index (χ3v) is 7.61. The Kier molecular flexibility index (Phi) is 6.40. The Hall–Kier alpha value is -4.22. The molecule has 1 aliphatic carbocycles. The Bertz CT molecular complexity index is 1520. The summed E-state index contributed by atoms with van der Waals surface area (Å²) in [6.45, 7) is 1.83. The maximum Gasteiger partial charge on any atom is 0.271 e. The van der Waals surface area contributed by atoms with Gasteiger partial charge < -0.3 is 5.73 Å². The van der Waals surface area contributed by atoms with Gasteiger partial charge in [0.05, 0.1) is 28.2 Å². The highest BCUT2D eigenvalue weighted by atomic mass is 79.9. The molecule has 0 aromatic heterocycles. The zero-order valence-corrected chi connectivity index (χ0v) is 21.6. The van der Waals surface area contributed by atoms with Gasteiger partial charge >= 0.3 is 0 Å². The van der Waals surface area contributed by atoms with E-state index in [2.05, 4.69) is 22.0 Å². The minimum absolute atomic E-state index is 0.0589. The fourth-order valence-electron chi connectivity index (χ4n) is 5.31. The lowest BCUT2D eigenvalue weighted by atomic mass is 9.72. The van der Waals surface area contributed by atoms with Crippen LogP contribution in [-0.2, 0) is 4.79 Å². The predicted octanol–water partition coefficient (Wildman–Crippen LogP) is 6.36. The van der Waals surface area contributed by atoms with Gasteiger partial charge in [0.2, 0.25) is 0 Å². The van der Waals surface area contributed by atoms with Crippen molar-refractivity contribution in [1.82, 2.24) is 0 Å². The number of halogens is 1. The number of carbonyl (C=O) groups excluding carboxylic acids is 1. The van der Waals surface area contributed by atoms with Gasteiger partial charge in [-0.25, -0.2) is 0 Å². The highest BCUT2D eigenvalue weighted by Gasteiger charge is 2.43. The smallest absolute Gasteiger partial charge is 0.271 e. The molecule has 3 aromatic rings. The van der Waals surface area contributed by atoms with E-state index in [1.807, 2.05) is 61.5 Å². The Balaban J connectivity index is 1.76. The fourth-order valence-corrected chi connectivity index (χ4v) is 5.57. The second-order valence-electron chi connectivity index (χ2n) is 9.26. The highest BCUT2D eigenvalue weighted by molar-refractivity contribution is 9.10. The number of benzene rings is 3. The zero-order valence-electron chi connectivity index (χ0n) is 20.0. The number of nitriles is 1. The predicted molar refractivity (Wildman–Crippen MR) is 144 cm³/mol. The number of hydrogen-bond donors (Lipinski definition) is 1. The first-order chi connectivity index (χ1) is 17.8. The summed E-state index contributed by atoms with van der Waals surface area (Å²) in [6, 6.07) is 24.1. The summed E-state index contributed by atoms with van der Waals surface area (Å²) in [4.78, 5) is 26.7. The number of hydrogen-bond acceptors (Lipinski definition) is 6. The molecule has 8 heteroatoms. The van der Waals surface area contributed by atoms with Crippen molar-refractivity contribution in [3.63, 3.8) is 0 Å². The molecule has 5 rings (SSSR count). The number of anilines is 1. The number of non-ortho nitro benzene ring substituents is 1. The molecule has 1 aliphatic heterocycles. The van der Waals surface area contributed by atoms with Crippen molar-refractivity contribution in [3.8, 4) is 6.07 Å². The average Bonchev–Trinajstić information content (AvgIpc) is 2.89. The van der Waals surface area contributed by atoms with Crippen molar-refractivity contribution < 1.29 is 9.72 Å². The summed E-state index contributed by atoms with van der Waals surface area (Å²) in [5.74, 6) is -0.584. The number of allylic oxidation sites excluding steroid dienone is 3. The topological polar surface area (TPSA) is 113 Å². The van der Waals surface area contributed by atoms with Gasteiger partial charge in [-0.05, 0) is 48.1 Å². The maximum atomic E-state index is 13.9. The van der Waals surface area contributed by atoms with Crippen molar-refractivity contribution in [3.05, 3.63) is 127 Å². The first-order valence-electron chi connectivity index (χ1n) is 11.8. The second kappa shape index (κ2) is 9.68. The van der Waals surface area contributed by atoms with Gasteiger partial charge in [0.25, 0.3) is 5.69 Å². The molecule has 0 saturated heterocycles. The Morgan fingerprint density at radius 3 is 2.41 bits per heavy atom. The molecule has 2 N–H and O–H groups in total. The molecular weight excluding hydrogens is 532 g/mol. The Labute approximate surface area is 222 Å². The van der Waals surface area contributed by atoms with Crippen molar-refractivity contribution in [2.75, 3.05) is 4.90 Å². The number of nitro groups is 1. The van der Waals surface area contributed by atoms with Gasteiger partial charge in [0.1, 0.15) is 5.82 Å². The lowest BCUT2D eigenvalue weighted by Gasteiger charge is -2.42. The summed E-state index contributed by atoms with van der Waals surface area (Å²) in [5.41, 5.74) is 11.1. The molecule has 1 heterocycles. The lowest BCUT2D eigenvalue weighted by Crippen LogP contribution is -2.40. The molecule has 2 aliphatic rings. The molecule has 0 unspecified atom stereocenters. The summed E-state index contributed by atoms with van der Waals surface area (Å²) in [5, 5.41) is 21.9. The van der Waals surface area contributed by atoms with Crippen LogP contribution in [0.5, 0.6) is 0 Å². The molecule has 37 heavy (non-hydrogen) atoms. The molecule has 0 saturated carbocycles. The maximum absolute atomic E-state index is 13.9. The van der Waals surface area contributed by atoms with Crippen LogP contribution in [0.4, 0.5) is 11.4 Å². The van der Waals surface area contributed by atoms with Crippen LogP contribution in [0.25, 0.3) is 0 Å². The first-order valence-corrected chi connectivity index (χ1v) is 12.6. The van der Waals surface area contributed by atoms with E-state index in [1.165, 1.54) is 12.1 Å². The summed E-state index contributed by atoms with van der Waals surface area (Å²) >= 11 is 3.45. The van der Waals surface area contributed by atoms with Crippen molar-refractivity contribution in [2.24, 2.45) is 5.73 Å². The number of nitrogens with two attached hydrogens (primary N) is 1. The van der Waals surface area contributed by atoms with Crippen LogP contribution in [0.15, 0.2) is 99.9 Å². The Morgan fingerprint density at radius 1 is 1.05 bits per heavy atom. The molecule has 0 bridgehead atoms. The van der Waals surface area contributed by atoms with E-state index in [-0.39, 0.29) is 28.8 Å². The summed E-state index contributed by atoms with van der Waals surface area (Å²) in [7, 11) is 0. The summed E-state index contributed by atoms with van der Waals surface area (Å²) in [6.07, 6.45) is 0.801. The van der Waals surface area contributed by atoms with Crippen molar-refractivity contribution in [1.29, 1.82) is 5.26 Å². The third-order valence-electron chi connectivity index (χ3n) is 7.09. The van der Waals surface area contributed by atoms with E-state index < -0.39 is 10.8 Å². The van der Waals surface area contributed by atoms with Crippen LogP contribution >= 0.6 is 15.9 Å². The number of nitro benzene ring substituents is 1. The Morgan fingerprint density at radius 2 is 1.76 bits per heavy atom. The van der Waals surface area contributed by atoms with E-state index in [1.54, 1.807) is 11.0 Å². The van der Waals surface area contributed by atoms with Gasteiger partial charge in [-0.15, -0.1) is 0 Å². The van der Waals surface area contributed by atoms with Crippen LogP contribution in [0.3, 0.4) is 0 Å². The van der Waals surface area contributed by atoms with Crippen LogP contribution in [0.1, 0.15) is 41.4 Å². The molecule has 0 fully saturated rings. The standard InChI is InChI=1S/C29H23BrN4O3/c1-17-7-12-22(34(36)37)15-24(17)33-25-13-20(18-5-3-2-4-6-18)14-26(35)28(25)27(23(16-31)29(33)32)19-8-10-21(30)11-9-19/h2-12,15,20,27H,13-14,32H2,1H3/t20-,27+/m0/s1. The molecule has 7 nitrogen and oxygen atoms in total. The van der Waals surface area contributed by atoms with E-state index in [0.717, 1.165) is 21.2 Å². The van der Waals surface area contributed by atoms with E-state index in [0.29, 0.717) is 29.8 Å². The number of ketones is 1.